The smallest absolute Gasteiger partial charge is 0.198 e. The van der Waals surface area contributed by atoms with Crippen molar-refractivity contribution < 1.29 is 65.2 Å². The van der Waals surface area contributed by atoms with E-state index in [4.69, 9.17) is 39.5 Å². The quantitative estimate of drug-likeness (QED) is 0.126. The summed E-state index contributed by atoms with van der Waals surface area (Å²) in [5, 5.41) is 24.4. The van der Waals surface area contributed by atoms with E-state index in [1.807, 2.05) is 0 Å². The number of nitriles is 3. The van der Waals surface area contributed by atoms with E-state index >= 15 is 0 Å². The van der Waals surface area contributed by atoms with Crippen molar-refractivity contribution in [2.75, 3.05) is 25.1 Å². The average Bonchev–Trinajstić information content (AvgIpc) is 2.81. The van der Waals surface area contributed by atoms with Crippen molar-refractivity contribution in [3.63, 3.8) is 0 Å². The minimum Gasteiger partial charge on any atom is -0.198 e. The molecule has 0 bridgehead atoms. The molecule has 0 saturated carbocycles. The molecular weight excluding hydrogens is 769 g/mol. The van der Waals surface area contributed by atoms with Crippen LogP contribution in [-0.2, 0) is 65.2 Å². The average molecular weight is 801 g/mol. The number of hydrogen-bond acceptors (Lipinski definition) is 12. The molecule has 0 aromatic carbocycles. The molecule has 214 valence electrons. The van der Waals surface area contributed by atoms with Gasteiger partial charge in [0.1, 0.15) is 0 Å². The third kappa shape index (κ3) is 16.8. The van der Waals surface area contributed by atoms with Crippen molar-refractivity contribution in [1.29, 1.82) is 15.8 Å². The van der Waals surface area contributed by atoms with Crippen molar-refractivity contribution in [3.8, 4) is 18.2 Å². The van der Waals surface area contributed by atoms with Gasteiger partial charge in [-0.15, -0.1) is 0 Å². The van der Waals surface area contributed by atoms with Gasteiger partial charge in [-0.1, -0.05) is 0 Å². The fraction of sp³-hybridized carbons (Fsp3) is 0.696. The summed E-state index contributed by atoms with van der Waals surface area (Å²) in [4.78, 5) is 45.1. The zero-order chi connectivity index (χ0) is 28.4. The Bertz CT molecular complexity index is 863. The summed E-state index contributed by atoms with van der Waals surface area (Å²) < 4.78 is 26.0. The molecule has 0 N–H and O–H groups in total. The van der Waals surface area contributed by atoms with Crippen LogP contribution in [0.3, 0.4) is 0 Å². The Labute approximate surface area is 247 Å². The molecule has 1 heterocycles. The minimum atomic E-state index is -1.11. The van der Waals surface area contributed by atoms with Gasteiger partial charge in [-0.3, -0.25) is 0 Å². The van der Waals surface area contributed by atoms with Gasteiger partial charge in [0.15, 0.2) is 0 Å². The second-order valence-corrected chi connectivity index (χ2v) is 11.8. The van der Waals surface area contributed by atoms with Crippen molar-refractivity contribution in [2.45, 2.75) is 76.4 Å². The summed E-state index contributed by atoms with van der Waals surface area (Å²) in [5.74, 6) is -2.49. The second-order valence-electron chi connectivity index (χ2n) is 7.79. The van der Waals surface area contributed by atoms with Crippen LogP contribution < -0.4 is 0 Å². The minimum absolute atomic E-state index is 0. The Morgan fingerprint density at radius 1 is 0.737 bits per heavy atom. The molecule has 5 atom stereocenters. The van der Waals surface area contributed by atoms with E-state index in [0.29, 0.717) is 19.3 Å². The van der Waals surface area contributed by atoms with E-state index in [9.17, 15) is 19.2 Å². The zero-order valence-electron chi connectivity index (χ0n) is 21.6. The molecule has 5 unspecified atom stereocenters. The molecule has 0 amide bonds. The first kappa shape index (κ1) is 38.1. The maximum absolute atomic E-state index is 11.4. The molecule has 1 aliphatic heterocycles. The van der Waals surface area contributed by atoms with Crippen LogP contribution in [0, 0.1) is 34.0 Å². The SMILES string of the molecule is CC(=O)OCC1OC([Se-])C(OC(C)=O)C(OC(C)=O)C1OC(C)=O.N#CCC[PH+](CCC#N)CCC#N.[Au+]. The predicted molar refractivity (Wildman–Crippen MR) is 131 cm³/mol. The summed E-state index contributed by atoms with van der Waals surface area (Å²) >= 11 is 2.66. The van der Waals surface area contributed by atoms with Gasteiger partial charge >= 0.3 is 169 Å². The Balaban J connectivity index is 0. The summed E-state index contributed by atoms with van der Waals surface area (Å²) in [6.07, 6.45) is 0.334. The summed E-state index contributed by atoms with van der Waals surface area (Å²) in [6.45, 7) is 4.50. The summed E-state index contributed by atoms with van der Waals surface area (Å²) in [7, 11) is -0.600. The Morgan fingerprint density at radius 3 is 1.50 bits per heavy atom. The van der Waals surface area contributed by atoms with Crippen LogP contribution in [0.5, 0.6) is 0 Å². The standard InChI is InChI=1S/C14H20O9Se.C9H12N3P.Au/c1-6(15)19-5-10-11(20-7(2)16)12(21-8(3)17)13(14(24)23-10)22-9(4)18;10-4-1-7-13(8-2-5-11)9-3-6-12;/h10-14,24H,5H2,1-4H3;1-3,7-9H2;/q;;+1. The van der Waals surface area contributed by atoms with E-state index in [2.05, 4.69) is 34.2 Å². The third-order valence-corrected chi connectivity index (χ3v) is 8.39. The number of esters is 4. The predicted octanol–water partition coefficient (Wildman–Crippen LogP) is 1.18. The van der Waals surface area contributed by atoms with Crippen molar-refractivity contribution in [1.82, 2.24) is 0 Å². The fourth-order valence-electron chi connectivity index (χ4n) is 3.26. The largest absolute Gasteiger partial charge is 1.00 e. The molecule has 38 heavy (non-hydrogen) atoms. The molecule has 1 rings (SSSR count). The van der Waals surface area contributed by atoms with Crippen LogP contribution in [0.1, 0.15) is 47.0 Å². The molecule has 15 heteroatoms. The molecule has 1 saturated heterocycles. The number of rotatable bonds is 11. The van der Waals surface area contributed by atoms with Crippen LogP contribution in [0.2, 0.25) is 0 Å². The first-order valence-corrected chi connectivity index (χ1v) is 14.5. The van der Waals surface area contributed by atoms with Crippen LogP contribution in [-0.4, -0.2) is 94.4 Å². The molecular formula is C23H32AuN3O9PSe+. The third-order valence-electron chi connectivity index (χ3n) is 4.72. The number of carbonyl (C=O) groups is 4. The van der Waals surface area contributed by atoms with Gasteiger partial charge in [-0.2, -0.15) is 15.8 Å². The molecule has 12 nitrogen and oxygen atoms in total. The van der Waals surface area contributed by atoms with Gasteiger partial charge < -0.3 is 0 Å². The maximum Gasteiger partial charge on any atom is 1.00 e. The molecule has 0 aromatic heterocycles. The number of ether oxygens (including phenoxy) is 5. The topological polar surface area (TPSA) is 186 Å². The van der Waals surface area contributed by atoms with Gasteiger partial charge in [0.05, 0.1) is 56.0 Å². The van der Waals surface area contributed by atoms with Crippen LogP contribution in [0.15, 0.2) is 0 Å². The maximum atomic E-state index is 11.4. The molecule has 1 aliphatic rings. The van der Waals surface area contributed by atoms with E-state index in [1.165, 1.54) is 27.7 Å². The molecule has 0 aromatic rings. The first-order valence-electron chi connectivity index (χ1n) is 11.4. The number of nitrogens with zero attached hydrogens (tertiary/aromatic N) is 3. The van der Waals surface area contributed by atoms with E-state index in [0.717, 1.165) is 18.5 Å². The monoisotopic (exact) mass is 802 g/mol. The number of hydrogen-bond donors (Lipinski definition) is 0. The fourth-order valence-corrected chi connectivity index (χ4v) is 6.15. The van der Waals surface area contributed by atoms with Gasteiger partial charge in [-0.25, -0.2) is 0 Å². The van der Waals surface area contributed by atoms with Crippen molar-refractivity contribution in [3.05, 3.63) is 0 Å². The van der Waals surface area contributed by atoms with Gasteiger partial charge in [-0.05, 0) is 0 Å². The zero-order valence-corrected chi connectivity index (χ0v) is 26.4. The second kappa shape index (κ2) is 21.9. The van der Waals surface area contributed by atoms with Crippen LogP contribution in [0.4, 0.5) is 0 Å². The Kier molecular flexibility index (Phi) is 22.0. The van der Waals surface area contributed by atoms with Gasteiger partial charge in [0.25, 0.3) is 0 Å². The molecule has 0 spiro atoms. The summed E-state index contributed by atoms with van der Waals surface area (Å²) in [6, 6.07) is 6.33. The van der Waals surface area contributed by atoms with Crippen molar-refractivity contribution >= 4 is 47.8 Å². The van der Waals surface area contributed by atoms with Crippen molar-refractivity contribution in [2.24, 2.45) is 0 Å². The van der Waals surface area contributed by atoms with Crippen LogP contribution >= 0.6 is 7.92 Å². The Hall–Kier alpha value is -2.00. The number of carbonyl (C=O) groups excluding carboxylic acids is 4. The normalized spacial score (nSPS) is 21.5. The Morgan fingerprint density at radius 2 is 1.13 bits per heavy atom. The molecule has 1 fully saturated rings. The first-order chi connectivity index (χ1) is 17.5. The van der Waals surface area contributed by atoms with Crippen LogP contribution in [0.25, 0.3) is 0 Å². The van der Waals surface area contributed by atoms with E-state index in [-0.39, 0.29) is 29.0 Å². The van der Waals surface area contributed by atoms with Gasteiger partial charge in [0, 0.05) is 7.92 Å². The molecule has 0 radical (unpaired) electrons. The van der Waals surface area contributed by atoms with Gasteiger partial charge in [0.2, 0.25) is 0 Å². The van der Waals surface area contributed by atoms with E-state index < -0.39 is 61.2 Å². The molecule has 0 aliphatic carbocycles. The summed E-state index contributed by atoms with van der Waals surface area (Å²) in [5.41, 5.74) is 0. The van der Waals surface area contributed by atoms with E-state index in [1.54, 1.807) is 0 Å².